The average molecular weight is 391 g/mol. The van der Waals surface area contributed by atoms with Gasteiger partial charge in [0.2, 0.25) is 0 Å². The van der Waals surface area contributed by atoms with Crippen molar-refractivity contribution in [2.24, 2.45) is 11.8 Å². The summed E-state index contributed by atoms with van der Waals surface area (Å²) in [7, 11) is 0. The van der Waals surface area contributed by atoms with Gasteiger partial charge in [0, 0.05) is 25.7 Å². The van der Waals surface area contributed by atoms with Gasteiger partial charge in [-0.1, -0.05) is 43.7 Å². The molecule has 0 radical (unpaired) electrons. The van der Waals surface area contributed by atoms with E-state index < -0.39 is 11.9 Å². The van der Waals surface area contributed by atoms with E-state index in [0.29, 0.717) is 0 Å². The molecule has 2 unspecified atom stereocenters. The topological polar surface area (TPSA) is 81.1 Å². The van der Waals surface area contributed by atoms with Crippen LogP contribution in [0.5, 0.6) is 0 Å². The summed E-state index contributed by atoms with van der Waals surface area (Å²) in [5, 5.41) is 14.8. The van der Waals surface area contributed by atoms with E-state index in [1.54, 1.807) is 0 Å². The number of piperidine rings is 2. The molecule has 6 nitrogen and oxygen atoms in total. The van der Waals surface area contributed by atoms with Crippen LogP contribution < -0.4 is 0 Å². The minimum Gasteiger partial charge on any atom is -0.473 e. The quantitative estimate of drug-likeness (QED) is 0.772. The van der Waals surface area contributed by atoms with Crippen LogP contribution in [0.1, 0.15) is 44.2 Å². The fourth-order valence-corrected chi connectivity index (χ4v) is 4.52. The predicted octanol–water partition coefficient (Wildman–Crippen LogP) is 3.09. The number of carboxylic acid groups (broad SMARTS) is 2. The Morgan fingerprint density at radius 3 is 2.11 bits per heavy atom. The highest BCUT2D eigenvalue weighted by molar-refractivity contribution is 6.27. The Hall–Kier alpha value is -1.92. The number of hydrogen-bond acceptors (Lipinski definition) is 4. The first-order chi connectivity index (χ1) is 13.2. The van der Waals surface area contributed by atoms with Crippen LogP contribution in [-0.2, 0) is 16.1 Å². The van der Waals surface area contributed by atoms with Crippen molar-refractivity contribution < 1.29 is 19.8 Å². The molecule has 3 rings (SSSR count). The summed E-state index contributed by atoms with van der Waals surface area (Å²) >= 11 is 0. The molecule has 0 bridgehead atoms. The summed E-state index contributed by atoms with van der Waals surface area (Å²) in [6, 6.07) is 9.81. The molecule has 0 spiro atoms. The lowest BCUT2D eigenvalue weighted by molar-refractivity contribution is -0.159. The molecule has 2 heterocycles. The molecule has 2 saturated heterocycles. The first kappa shape index (κ1) is 22.4. The molecule has 0 aromatic heterocycles. The van der Waals surface area contributed by atoms with Crippen LogP contribution >= 0.6 is 0 Å². The molecule has 0 aliphatic carbocycles. The molecule has 2 aliphatic rings. The standard InChI is InChI=1S/C20H32N2.C2H2O4/c1-16-5-4-6-19(12-16)15-21-9-7-20(8-10-21)22-13-17(2)11-18(3)14-22;3-1(4)2(5)6/h4-6,12,17-18,20H,7-11,13-15H2,1-3H3;(H,3,4)(H,5,6). The Morgan fingerprint density at radius 2 is 1.61 bits per heavy atom. The molecule has 2 atom stereocenters. The summed E-state index contributed by atoms with van der Waals surface area (Å²) in [6.45, 7) is 13.3. The van der Waals surface area contributed by atoms with Crippen molar-refractivity contribution in [2.75, 3.05) is 26.2 Å². The van der Waals surface area contributed by atoms with Gasteiger partial charge in [0.1, 0.15) is 0 Å². The molecule has 2 N–H and O–H groups in total. The Labute approximate surface area is 168 Å². The number of carboxylic acids is 2. The minimum absolute atomic E-state index is 0.832. The van der Waals surface area contributed by atoms with Crippen molar-refractivity contribution >= 4 is 11.9 Å². The third kappa shape index (κ3) is 7.24. The zero-order chi connectivity index (χ0) is 20.7. The second kappa shape index (κ2) is 10.6. The van der Waals surface area contributed by atoms with Crippen LogP contribution in [0, 0.1) is 18.8 Å². The molecule has 0 amide bonds. The van der Waals surface area contributed by atoms with E-state index in [9.17, 15) is 0 Å². The average Bonchev–Trinajstić information content (AvgIpc) is 2.62. The lowest BCUT2D eigenvalue weighted by atomic mass is 9.89. The van der Waals surface area contributed by atoms with E-state index in [1.165, 1.54) is 56.6 Å². The highest BCUT2D eigenvalue weighted by Crippen LogP contribution is 2.27. The van der Waals surface area contributed by atoms with E-state index in [4.69, 9.17) is 19.8 Å². The van der Waals surface area contributed by atoms with Gasteiger partial charge in [-0.15, -0.1) is 0 Å². The molecule has 28 heavy (non-hydrogen) atoms. The van der Waals surface area contributed by atoms with E-state index in [1.807, 2.05) is 0 Å². The Balaban J connectivity index is 0.000000409. The summed E-state index contributed by atoms with van der Waals surface area (Å²) in [5.41, 5.74) is 2.85. The lowest BCUT2D eigenvalue weighted by Gasteiger charge is -2.43. The summed E-state index contributed by atoms with van der Waals surface area (Å²) in [6.07, 6.45) is 4.12. The summed E-state index contributed by atoms with van der Waals surface area (Å²) in [4.78, 5) is 23.6. The van der Waals surface area contributed by atoms with Gasteiger partial charge in [0.05, 0.1) is 0 Å². The number of likely N-dealkylation sites (tertiary alicyclic amines) is 2. The summed E-state index contributed by atoms with van der Waals surface area (Å²) < 4.78 is 0. The molecule has 1 aromatic carbocycles. The van der Waals surface area contributed by atoms with Crippen molar-refractivity contribution in [1.82, 2.24) is 9.80 Å². The van der Waals surface area contributed by atoms with Crippen LogP contribution in [-0.4, -0.2) is 64.2 Å². The normalized spacial score (nSPS) is 24.2. The van der Waals surface area contributed by atoms with Crippen LogP contribution in [0.15, 0.2) is 24.3 Å². The fourth-order valence-electron chi connectivity index (χ4n) is 4.52. The lowest BCUT2D eigenvalue weighted by Crippen LogP contribution is -2.49. The number of benzene rings is 1. The first-order valence-corrected chi connectivity index (χ1v) is 10.2. The molecule has 0 saturated carbocycles. The number of aliphatic carboxylic acids is 2. The first-order valence-electron chi connectivity index (χ1n) is 10.2. The van der Waals surface area contributed by atoms with Crippen molar-refractivity contribution in [1.29, 1.82) is 0 Å². The summed E-state index contributed by atoms with van der Waals surface area (Å²) in [5.74, 6) is -1.88. The van der Waals surface area contributed by atoms with Crippen molar-refractivity contribution in [3.63, 3.8) is 0 Å². The second-order valence-electron chi connectivity index (χ2n) is 8.51. The van der Waals surface area contributed by atoms with E-state index in [2.05, 4.69) is 54.8 Å². The molecular formula is C22H34N2O4. The second-order valence-corrected chi connectivity index (χ2v) is 8.51. The smallest absolute Gasteiger partial charge is 0.414 e. The molecule has 2 fully saturated rings. The number of nitrogens with zero attached hydrogens (tertiary/aromatic N) is 2. The predicted molar refractivity (Wildman–Crippen MR) is 109 cm³/mol. The monoisotopic (exact) mass is 390 g/mol. The van der Waals surface area contributed by atoms with Gasteiger partial charge in [0.15, 0.2) is 0 Å². The van der Waals surface area contributed by atoms with Crippen molar-refractivity contribution in [3.05, 3.63) is 35.4 Å². The fraction of sp³-hybridized carbons (Fsp3) is 0.636. The molecular weight excluding hydrogens is 356 g/mol. The Bertz CT molecular complexity index is 634. The number of rotatable bonds is 3. The highest BCUT2D eigenvalue weighted by Gasteiger charge is 2.29. The maximum absolute atomic E-state index is 9.10. The zero-order valence-corrected chi connectivity index (χ0v) is 17.3. The van der Waals surface area contributed by atoms with Crippen LogP contribution in [0.2, 0.25) is 0 Å². The number of aryl methyl sites for hydroxylation is 1. The van der Waals surface area contributed by atoms with Crippen LogP contribution in [0.3, 0.4) is 0 Å². The third-order valence-corrected chi connectivity index (χ3v) is 5.64. The Morgan fingerprint density at radius 1 is 1.04 bits per heavy atom. The van der Waals surface area contributed by atoms with Gasteiger partial charge < -0.3 is 10.2 Å². The molecule has 6 heteroatoms. The third-order valence-electron chi connectivity index (χ3n) is 5.64. The van der Waals surface area contributed by atoms with Gasteiger partial charge in [-0.3, -0.25) is 9.80 Å². The SMILES string of the molecule is Cc1cccc(CN2CCC(N3CC(C)CC(C)C3)CC2)c1.O=C(O)C(=O)O. The van der Waals surface area contributed by atoms with Gasteiger partial charge in [-0.25, -0.2) is 9.59 Å². The molecule has 2 aliphatic heterocycles. The number of hydrogen-bond donors (Lipinski definition) is 2. The zero-order valence-electron chi connectivity index (χ0n) is 17.3. The van der Waals surface area contributed by atoms with E-state index >= 15 is 0 Å². The maximum Gasteiger partial charge on any atom is 0.414 e. The highest BCUT2D eigenvalue weighted by atomic mass is 16.4. The molecule has 156 valence electrons. The molecule has 1 aromatic rings. The van der Waals surface area contributed by atoms with Gasteiger partial charge >= 0.3 is 11.9 Å². The van der Waals surface area contributed by atoms with Gasteiger partial charge in [0.25, 0.3) is 0 Å². The maximum atomic E-state index is 9.10. The van der Waals surface area contributed by atoms with E-state index in [-0.39, 0.29) is 0 Å². The van der Waals surface area contributed by atoms with Crippen LogP contribution in [0.4, 0.5) is 0 Å². The Kier molecular flexibility index (Phi) is 8.45. The number of carbonyl (C=O) groups is 2. The van der Waals surface area contributed by atoms with Crippen molar-refractivity contribution in [3.8, 4) is 0 Å². The largest absolute Gasteiger partial charge is 0.473 e. The van der Waals surface area contributed by atoms with Gasteiger partial charge in [-0.05, 0) is 56.7 Å². The van der Waals surface area contributed by atoms with E-state index in [0.717, 1.165) is 24.4 Å². The van der Waals surface area contributed by atoms with Crippen molar-refractivity contribution in [2.45, 2.75) is 52.6 Å². The van der Waals surface area contributed by atoms with Gasteiger partial charge in [-0.2, -0.15) is 0 Å². The minimum atomic E-state index is -1.82. The van der Waals surface area contributed by atoms with Crippen LogP contribution in [0.25, 0.3) is 0 Å².